The standard InChI is InChI=1S/C24H30N4OS/c1-17-20-22(28(2)19-13-7-4-8-14-19)26-16-27-24(20)30-21(17)23(29)25-15-9-12-18-10-5-3-6-11-18/h3,5-6,10-11,16,19H,4,7-9,12-15H2,1-2H3,(H,25,29). The Morgan fingerprint density at radius 3 is 2.70 bits per heavy atom. The lowest BCUT2D eigenvalue weighted by Crippen LogP contribution is -2.34. The molecule has 1 saturated carbocycles. The molecule has 1 aliphatic carbocycles. The zero-order valence-electron chi connectivity index (χ0n) is 17.9. The zero-order valence-corrected chi connectivity index (χ0v) is 18.7. The number of carbonyl (C=O) groups is 1. The van der Waals surface area contributed by atoms with Gasteiger partial charge < -0.3 is 10.2 Å². The maximum absolute atomic E-state index is 12.9. The molecule has 4 rings (SSSR count). The van der Waals surface area contributed by atoms with E-state index < -0.39 is 0 Å². The molecule has 1 aromatic carbocycles. The molecular weight excluding hydrogens is 392 g/mol. The number of carbonyl (C=O) groups excluding carboxylic acids is 1. The number of aryl methyl sites for hydroxylation is 2. The molecule has 1 amide bonds. The predicted octanol–water partition coefficient (Wildman–Crippen LogP) is 5.13. The van der Waals surface area contributed by atoms with E-state index in [1.165, 1.54) is 49.0 Å². The molecule has 30 heavy (non-hydrogen) atoms. The van der Waals surface area contributed by atoms with E-state index in [-0.39, 0.29) is 5.91 Å². The summed E-state index contributed by atoms with van der Waals surface area (Å²) < 4.78 is 0. The van der Waals surface area contributed by atoms with Crippen LogP contribution in [0.5, 0.6) is 0 Å². The highest BCUT2D eigenvalue weighted by Crippen LogP contribution is 2.36. The molecule has 1 aliphatic rings. The van der Waals surface area contributed by atoms with Crippen LogP contribution in [0.1, 0.15) is 59.3 Å². The Bertz CT molecular complexity index is 995. The minimum Gasteiger partial charge on any atom is -0.356 e. The van der Waals surface area contributed by atoms with Crippen LogP contribution in [0.2, 0.25) is 0 Å². The summed E-state index contributed by atoms with van der Waals surface area (Å²) in [6.07, 6.45) is 9.83. The first-order valence-electron chi connectivity index (χ1n) is 10.9. The van der Waals surface area contributed by atoms with Gasteiger partial charge in [0.05, 0.1) is 10.3 Å². The van der Waals surface area contributed by atoms with E-state index in [4.69, 9.17) is 0 Å². The van der Waals surface area contributed by atoms with Crippen molar-refractivity contribution < 1.29 is 4.79 Å². The first-order chi connectivity index (χ1) is 14.6. The first kappa shape index (κ1) is 20.8. The van der Waals surface area contributed by atoms with Crippen molar-refractivity contribution in [3.05, 3.63) is 52.7 Å². The average molecular weight is 423 g/mol. The van der Waals surface area contributed by atoms with Gasteiger partial charge >= 0.3 is 0 Å². The number of amides is 1. The number of hydrogen-bond donors (Lipinski definition) is 1. The molecule has 3 aromatic rings. The summed E-state index contributed by atoms with van der Waals surface area (Å²) in [5.74, 6) is 0.957. The number of nitrogens with one attached hydrogen (secondary N) is 1. The van der Waals surface area contributed by atoms with Gasteiger partial charge in [0.25, 0.3) is 5.91 Å². The Morgan fingerprint density at radius 2 is 1.93 bits per heavy atom. The number of fused-ring (bicyclic) bond motifs is 1. The van der Waals surface area contributed by atoms with Gasteiger partial charge in [-0.3, -0.25) is 4.79 Å². The van der Waals surface area contributed by atoms with E-state index in [1.54, 1.807) is 6.33 Å². The first-order valence-corrected chi connectivity index (χ1v) is 11.8. The fourth-order valence-corrected chi connectivity index (χ4v) is 5.46. The van der Waals surface area contributed by atoms with Gasteiger partial charge in [0.15, 0.2) is 0 Å². The minimum atomic E-state index is -0.00479. The Kier molecular flexibility index (Phi) is 6.62. The molecule has 2 aromatic heterocycles. The highest BCUT2D eigenvalue weighted by molar-refractivity contribution is 7.20. The molecule has 0 spiro atoms. The molecule has 0 atom stereocenters. The molecule has 6 heteroatoms. The summed E-state index contributed by atoms with van der Waals surface area (Å²) in [4.78, 5) is 25.9. The predicted molar refractivity (Wildman–Crippen MR) is 125 cm³/mol. The van der Waals surface area contributed by atoms with Crippen molar-refractivity contribution in [1.29, 1.82) is 0 Å². The SMILES string of the molecule is Cc1c(C(=O)NCCCc2ccccc2)sc2ncnc(N(C)C3CCCCC3)c12. The molecule has 0 saturated heterocycles. The van der Waals surface area contributed by atoms with E-state index in [9.17, 15) is 4.79 Å². The summed E-state index contributed by atoms with van der Waals surface area (Å²) in [5.41, 5.74) is 2.30. The Hall–Kier alpha value is -2.47. The number of thiophene rings is 1. The molecule has 2 heterocycles. The smallest absolute Gasteiger partial charge is 0.261 e. The van der Waals surface area contributed by atoms with Gasteiger partial charge in [0.2, 0.25) is 0 Å². The number of anilines is 1. The molecule has 0 aliphatic heterocycles. The van der Waals surface area contributed by atoms with Crippen molar-refractivity contribution in [1.82, 2.24) is 15.3 Å². The van der Waals surface area contributed by atoms with Crippen LogP contribution in [0.4, 0.5) is 5.82 Å². The Morgan fingerprint density at radius 1 is 1.17 bits per heavy atom. The summed E-state index contributed by atoms with van der Waals surface area (Å²) in [6, 6.07) is 10.9. The van der Waals surface area contributed by atoms with Crippen molar-refractivity contribution in [2.45, 2.75) is 57.9 Å². The maximum Gasteiger partial charge on any atom is 0.261 e. The average Bonchev–Trinajstić information content (AvgIpc) is 3.14. The molecule has 158 valence electrons. The van der Waals surface area contributed by atoms with Gasteiger partial charge in [-0.15, -0.1) is 11.3 Å². The minimum absolute atomic E-state index is 0.00479. The number of nitrogens with zero attached hydrogens (tertiary/aromatic N) is 3. The lowest BCUT2D eigenvalue weighted by atomic mass is 9.94. The van der Waals surface area contributed by atoms with E-state index in [2.05, 4.69) is 51.5 Å². The molecule has 1 N–H and O–H groups in total. The van der Waals surface area contributed by atoms with Gasteiger partial charge in [-0.1, -0.05) is 49.6 Å². The monoisotopic (exact) mass is 422 g/mol. The Labute approximate surface area is 182 Å². The third-order valence-electron chi connectivity index (χ3n) is 6.14. The zero-order chi connectivity index (χ0) is 20.9. The van der Waals surface area contributed by atoms with Crippen LogP contribution in [0.3, 0.4) is 0 Å². The summed E-state index contributed by atoms with van der Waals surface area (Å²) >= 11 is 1.47. The number of rotatable bonds is 7. The van der Waals surface area contributed by atoms with E-state index in [0.717, 1.165) is 39.3 Å². The molecule has 0 radical (unpaired) electrons. The van der Waals surface area contributed by atoms with Gasteiger partial charge in [-0.25, -0.2) is 9.97 Å². The van der Waals surface area contributed by atoms with Gasteiger partial charge in [0, 0.05) is 19.6 Å². The molecule has 5 nitrogen and oxygen atoms in total. The molecular formula is C24H30N4OS. The Balaban J connectivity index is 1.46. The third-order valence-corrected chi connectivity index (χ3v) is 7.34. The van der Waals surface area contributed by atoms with Crippen molar-refractivity contribution in [2.75, 3.05) is 18.5 Å². The van der Waals surface area contributed by atoms with Crippen molar-refractivity contribution >= 4 is 33.3 Å². The topological polar surface area (TPSA) is 58.1 Å². The number of hydrogen-bond acceptors (Lipinski definition) is 5. The maximum atomic E-state index is 12.9. The van der Waals surface area contributed by atoms with E-state index in [1.807, 2.05) is 13.0 Å². The van der Waals surface area contributed by atoms with Gasteiger partial charge in [-0.05, 0) is 43.7 Å². The van der Waals surface area contributed by atoms with Crippen LogP contribution in [-0.4, -0.2) is 35.5 Å². The second-order valence-electron chi connectivity index (χ2n) is 8.18. The molecule has 0 unspecified atom stereocenters. The van der Waals surface area contributed by atoms with Gasteiger partial charge in [0.1, 0.15) is 17.0 Å². The fraction of sp³-hybridized carbons (Fsp3) is 0.458. The molecule has 1 fully saturated rings. The fourth-order valence-electron chi connectivity index (χ4n) is 4.40. The van der Waals surface area contributed by atoms with Crippen LogP contribution < -0.4 is 10.2 Å². The third kappa shape index (κ3) is 4.48. The number of aromatic nitrogens is 2. The van der Waals surface area contributed by atoms with Crippen LogP contribution in [-0.2, 0) is 6.42 Å². The van der Waals surface area contributed by atoms with Crippen molar-refractivity contribution in [3.63, 3.8) is 0 Å². The van der Waals surface area contributed by atoms with Crippen molar-refractivity contribution in [2.24, 2.45) is 0 Å². The molecule has 0 bridgehead atoms. The van der Waals surface area contributed by atoms with E-state index in [0.29, 0.717) is 12.6 Å². The van der Waals surface area contributed by atoms with Crippen molar-refractivity contribution in [3.8, 4) is 0 Å². The number of benzene rings is 1. The largest absolute Gasteiger partial charge is 0.356 e. The quantitative estimate of drug-likeness (QED) is 0.536. The van der Waals surface area contributed by atoms with Crippen LogP contribution in [0, 0.1) is 6.92 Å². The summed E-state index contributed by atoms with van der Waals surface area (Å²) in [5, 5.41) is 4.13. The second kappa shape index (κ2) is 9.56. The second-order valence-corrected chi connectivity index (χ2v) is 9.18. The lowest BCUT2D eigenvalue weighted by Gasteiger charge is -2.32. The highest BCUT2D eigenvalue weighted by Gasteiger charge is 2.24. The normalized spacial score (nSPS) is 14.7. The van der Waals surface area contributed by atoms with Crippen LogP contribution in [0.15, 0.2) is 36.7 Å². The van der Waals surface area contributed by atoms with Gasteiger partial charge in [-0.2, -0.15) is 0 Å². The van der Waals surface area contributed by atoms with E-state index >= 15 is 0 Å². The lowest BCUT2D eigenvalue weighted by molar-refractivity contribution is 0.0957. The summed E-state index contributed by atoms with van der Waals surface area (Å²) in [6.45, 7) is 2.70. The highest BCUT2D eigenvalue weighted by atomic mass is 32.1. The van der Waals surface area contributed by atoms with Crippen LogP contribution in [0.25, 0.3) is 10.2 Å². The van der Waals surface area contributed by atoms with Crippen LogP contribution >= 0.6 is 11.3 Å². The summed E-state index contributed by atoms with van der Waals surface area (Å²) in [7, 11) is 2.14.